The molecule has 130 valence electrons. The summed E-state index contributed by atoms with van der Waals surface area (Å²) in [6, 6.07) is 7.53. The van der Waals surface area contributed by atoms with Crippen LogP contribution in [0.15, 0.2) is 34.9 Å². The molecule has 0 aliphatic rings. The van der Waals surface area contributed by atoms with Crippen LogP contribution in [-0.4, -0.2) is 28.2 Å². The zero-order valence-corrected chi connectivity index (χ0v) is 14.4. The fourth-order valence-electron chi connectivity index (χ4n) is 2.47. The maximum Gasteiger partial charge on any atom is 0.224 e. The summed E-state index contributed by atoms with van der Waals surface area (Å²) in [5.74, 6) is 1.88. The minimum Gasteiger partial charge on any atom is -0.497 e. The highest BCUT2D eigenvalue weighted by Gasteiger charge is 2.12. The number of carbonyl (C=O) groups is 1. The monoisotopic (exact) mass is 340 g/mol. The molecule has 0 spiro atoms. The molecule has 0 radical (unpaired) electrons. The summed E-state index contributed by atoms with van der Waals surface area (Å²) in [4.78, 5) is 16.3. The Hall–Kier alpha value is -3.09. The van der Waals surface area contributed by atoms with Crippen molar-refractivity contribution in [3.05, 3.63) is 47.7 Å². The van der Waals surface area contributed by atoms with E-state index in [-0.39, 0.29) is 12.3 Å². The van der Waals surface area contributed by atoms with E-state index < -0.39 is 0 Å². The topological polar surface area (TPSA) is 93.0 Å². The van der Waals surface area contributed by atoms with Crippen molar-refractivity contribution in [2.24, 2.45) is 0 Å². The largest absolute Gasteiger partial charge is 0.497 e. The molecule has 0 fully saturated rings. The predicted octanol–water partition coefficient (Wildman–Crippen LogP) is 3.26. The molecule has 0 saturated heterocycles. The van der Waals surface area contributed by atoms with Crippen LogP contribution in [0.4, 0.5) is 5.69 Å². The quantitative estimate of drug-likeness (QED) is 0.718. The highest BCUT2D eigenvalue weighted by atomic mass is 16.5. The van der Waals surface area contributed by atoms with Gasteiger partial charge in [0.15, 0.2) is 11.7 Å². The van der Waals surface area contributed by atoms with Gasteiger partial charge in [-0.1, -0.05) is 0 Å². The van der Waals surface area contributed by atoms with Crippen molar-refractivity contribution in [2.45, 2.75) is 26.7 Å². The Morgan fingerprint density at radius 3 is 2.68 bits per heavy atom. The first-order valence-electron chi connectivity index (χ1n) is 7.97. The molecule has 7 heteroatoms. The van der Waals surface area contributed by atoms with Gasteiger partial charge in [-0.2, -0.15) is 5.10 Å². The number of anilines is 1. The van der Waals surface area contributed by atoms with Gasteiger partial charge in [-0.25, -0.2) is 4.98 Å². The highest BCUT2D eigenvalue weighted by Crippen LogP contribution is 2.23. The first kappa shape index (κ1) is 16.8. The second-order valence-corrected chi connectivity index (χ2v) is 5.70. The van der Waals surface area contributed by atoms with Crippen LogP contribution in [0.2, 0.25) is 0 Å². The minimum atomic E-state index is -0.100. The molecule has 0 saturated carbocycles. The maximum absolute atomic E-state index is 12.1. The van der Waals surface area contributed by atoms with Crippen LogP contribution < -0.4 is 10.1 Å². The zero-order valence-electron chi connectivity index (χ0n) is 14.4. The average molecular weight is 340 g/mol. The number of carbonyl (C=O) groups excluding carboxylic acids is 1. The fourth-order valence-corrected chi connectivity index (χ4v) is 2.47. The second kappa shape index (κ2) is 7.21. The number of methoxy groups -OCH3 is 1. The van der Waals surface area contributed by atoms with Crippen molar-refractivity contribution in [3.63, 3.8) is 0 Å². The van der Waals surface area contributed by atoms with Gasteiger partial charge in [-0.15, -0.1) is 0 Å². The van der Waals surface area contributed by atoms with Crippen molar-refractivity contribution in [1.82, 2.24) is 15.2 Å². The number of amides is 1. The molecule has 0 aliphatic carbocycles. The Bertz CT molecular complexity index is 845. The molecule has 0 atom stereocenters. The standard InChI is InChI=1S/C18H20N4O3/c1-11-18(12(2)22-21-11)20-16(23)8-9-17-19-10-15(25-17)13-4-6-14(24-3)7-5-13/h4-7,10H,8-9H2,1-3H3,(H,20,23)(H,21,22). The molecule has 0 bridgehead atoms. The Morgan fingerprint density at radius 1 is 1.28 bits per heavy atom. The van der Waals surface area contributed by atoms with Gasteiger partial charge in [-0.3, -0.25) is 9.89 Å². The van der Waals surface area contributed by atoms with Gasteiger partial charge in [0.2, 0.25) is 5.91 Å². The fraction of sp³-hybridized carbons (Fsp3) is 0.278. The molecule has 2 aromatic heterocycles. The minimum absolute atomic E-state index is 0.100. The summed E-state index contributed by atoms with van der Waals surface area (Å²) in [7, 11) is 1.62. The zero-order chi connectivity index (χ0) is 17.8. The molecule has 2 heterocycles. The van der Waals surface area contributed by atoms with E-state index in [1.165, 1.54) is 0 Å². The van der Waals surface area contributed by atoms with Crippen LogP contribution in [0.25, 0.3) is 11.3 Å². The Balaban J connectivity index is 1.58. The molecule has 0 unspecified atom stereocenters. The van der Waals surface area contributed by atoms with Crippen LogP contribution in [-0.2, 0) is 11.2 Å². The van der Waals surface area contributed by atoms with Gasteiger partial charge in [0, 0.05) is 18.4 Å². The normalized spacial score (nSPS) is 10.7. The molecule has 2 N–H and O–H groups in total. The van der Waals surface area contributed by atoms with E-state index >= 15 is 0 Å². The number of benzene rings is 1. The molecule has 7 nitrogen and oxygen atoms in total. The van der Waals surface area contributed by atoms with Crippen LogP contribution >= 0.6 is 0 Å². The van der Waals surface area contributed by atoms with Crippen LogP contribution in [0.3, 0.4) is 0 Å². The second-order valence-electron chi connectivity index (χ2n) is 5.70. The molecule has 1 aromatic carbocycles. The SMILES string of the molecule is COc1ccc(-c2cnc(CCC(=O)Nc3c(C)n[nH]c3C)o2)cc1. The number of rotatable bonds is 6. The first-order valence-corrected chi connectivity index (χ1v) is 7.97. The van der Waals surface area contributed by atoms with E-state index in [4.69, 9.17) is 9.15 Å². The van der Waals surface area contributed by atoms with Crippen molar-refractivity contribution >= 4 is 11.6 Å². The van der Waals surface area contributed by atoms with Gasteiger partial charge in [0.05, 0.1) is 30.4 Å². The molecule has 1 amide bonds. The van der Waals surface area contributed by atoms with Crippen molar-refractivity contribution in [3.8, 4) is 17.1 Å². The first-order chi connectivity index (χ1) is 12.1. The van der Waals surface area contributed by atoms with Gasteiger partial charge in [0.1, 0.15) is 5.75 Å². The van der Waals surface area contributed by atoms with E-state index in [0.29, 0.717) is 18.1 Å². The number of ether oxygens (including phenoxy) is 1. The number of nitrogens with zero attached hydrogens (tertiary/aromatic N) is 2. The molecule has 3 rings (SSSR count). The van der Waals surface area contributed by atoms with E-state index in [0.717, 1.165) is 28.4 Å². The smallest absolute Gasteiger partial charge is 0.224 e. The van der Waals surface area contributed by atoms with Crippen LogP contribution in [0.5, 0.6) is 5.75 Å². The number of hydrogen-bond donors (Lipinski definition) is 2. The number of oxazole rings is 1. The molecular formula is C18H20N4O3. The summed E-state index contributed by atoms with van der Waals surface area (Å²) in [5, 5.41) is 9.76. The van der Waals surface area contributed by atoms with Gasteiger partial charge in [-0.05, 0) is 38.1 Å². The summed E-state index contributed by atoms with van der Waals surface area (Å²) in [6.45, 7) is 3.71. The summed E-state index contributed by atoms with van der Waals surface area (Å²) in [5.41, 5.74) is 3.25. The molecule has 25 heavy (non-hydrogen) atoms. The van der Waals surface area contributed by atoms with Gasteiger partial charge in [0.25, 0.3) is 0 Å². The molecule has 3 aromatic rings. The number of nitrogens with one attached hydrogen (secondary N) is 2. The third-order valence-electron chi connectivity index (χ3n) is 3.89. The maximum atomic E-state index is 12.1. The number of hydrogen-bond acceptors (Lipinski definition) is 5. The third kappa shape index (κ3) is 3.88. The average Bonchev–Trinajstić information content (AvgIpc) is 3.22. The summed E-state index contributed by atoms with van der Waals surface area (Å²) in [6.07, 6.45) is 2.38. The molecular weight excluding hydrogens is 320 g/mol. The number of H-pyrrole nitrogens is 1. The summed E-state index contributed by atoms with van der Waals surface area (Å²) < 4.78 is 10.9. The molecule has 0 aliphatic heterocycles. The lowest BCUT2D eigenvalue weighted by atomic mass is 10.2. The van der Waals surface area contributed by atoms with Crippen LogP contribution in [0.1, 0.15) is 23.7 Å². The van der Waals surface area contributed by atoms with Gasteiger partial charge >= 0.3 is 0 Å². The van der Waals surface area contributed by atoms with Crippen molar-refractivity contribution in [1.29, 1.82) is 0 Å². The third-order valence-corrected chi connectivity index (χ3v) is 3.89. The van der Waals surface area contributed by atoms with E-state index in [9.17, 15) is 4.79 Å². The number of aryl methyl sites for hydroxylation is 3. The van der Waals surface area contributed by atoms with Crippen molar-refractivity contribution in [2.75, 3.05) is 12.4 Å². The van der Waals surface area contributed by atoms with Crippen LogP contribution in [0, 0.1) is 13.8 Å². The van der Waals surface area contributed by atoms with E-state index in [1.54, 1.807) is 13.3 Å². The predicted molar refractivity (Wildman–Crippen MR) is 93.5 cm³/mol. The number of aromatic amines is 1. The number of aromatic nitrogens is 3. The van der Waals surface area contributed by atoms with Crippen molar-refractivity contribution < 1.29 is 13.9 Å². The lowest BCUT2D eigenvalue weighted by molar-refractivity contribution is -0.116. The Morgan fingerprint density at radius 2 is 2.04 bits per heavy atom. The Labute approximate surface area is 145 Å². The lowest BCUT2D eigenvalue weighted by Crippen LogP contribution is -2.13. The highest BCUT2D eigenvalue weighted by molar-refractivity contribution is 5.91. The summed E-state index contributed by atoms with van der Waals surface area (Å²) >= 11 is 0. The lowest BCUT2D eigenvalue weighted by Gasteiger charge is -2.04. The Kier molecular flexibility index (Phi) is 4.83. The van der Waals surface area contributed by atoms with Gasteiger partial charge < -0.3 is 14.5 Å². The van der Waals surface area contributed by atoms with E-state index in [1.807, 2.05) is 38.1 Å². The van der Waals surface area contributed by atoms with E-state index in [2.05, 4.69) is 20.5 Å².